The zero-order valence-electron chi connectivity index (χ0n) is 11.1. The molecular formula is C12H12N6O2S. The second kappa shape index (κ2) is 5.02. The molecule has 0 fully saturated rings. The highest BCUT2D eigenvalue weighted by Crippen LogP contribution is 2.21. The molecule has 2 N–H and O–H groups in total. The maximum Gasteiger partial charge on any atom is 0.265 e. The Labute approximate surface area is 120 Å². The van der Waals surface area contributed by atoms with Crippen molar-refractivity contribution in [2.75, 3.05) is 4.72 Å². The molecule has 0 radical (unpaired) electrons. The predicted octanol–water partition coefficient (Wildman–Crippen LogP) is 1.10. The van der Waals surface area contributed by atoms with Gasteiger partial charge in [-0.3, -0.25) is 14.4 Å². The average Bonchev–Trinajstić information content (AvgIpc) is 3.10. The zero-order valence-corrected chi connectivity index (χ0v) is 11.9. The Hall–Kier alpha value is -2.68. The molecule has 108 valence electrons. The summed E-state index contributed by atoms with van der Waals surface area (Å²) in [5.41, 5.74) is 0.361. The molecule has 0 amide bonds. The number of aromatic amines is 1. The number of imidazole rings is 1. The van der Waals surface area contributed by atoms with Crippen LogP contribution in [-0.4, -0.2) is 33.2 Å². The quantitative estimate of drug-likeness (QED) is 0.751. The molecule has 0 aliphatic heterocycles. The van der Waals surface area contributed by atoms with Crippen molar-refractivity contribution in [3.63, 3.8) is 0 Å². The second-order valence-corrected chi connectivity index (χ2v) is 5.94. The van der Waals surface area contributed by atoms with Crippen LogP contribution in [-0.2, 0) is 10.0 Å². The largest absolute Gasteiger partial charge is 0.286 e. The van der Waals surface area contributed by atoms with E-state index in [1.54, 1.807) is 35.3 Å². The number of anilines is 1. The maximum atomic E-state index is 12.2. The summed E-state index contributed by atoms with van der Waals surface area (Å²) in [5, 5.41) is 6.11. The van der Waals surface area contributed by atoms with Gasteiger partial charge in [0.2, 0.25) is 0 Å². The van der Waals surface area contributed by atoms with E-state index < -0.39 is 10.0 Å². The first-order chi connectivity index (χ1) is 10.1. The van der Waals surface area contributed by atoms with Crippen LogP contribution in [0.1, 0.15) is 5.82 Å². The molecule has 0 saturated heterocycles. The number of aromatic nitrogens is 5. The van der Waals surface area contributed by atoms with Crippen molar-refractivity contribution < 1.29 is 8.42 Å². The lowest BCUT2D eigenvalue weighted by atomic mass is 10.4. The number of pyridine rings is 1. The Bertz CT molecular complexity index is 854. The second-order valence-electron chi connectivity index (χ2n) is 4.26. The van der Waals surface area contributed by atoms with E-state index in [2.05, 4.69) is 24.9 Å². The van der Waals surface area contributed by atoms with Gasteiger partial charge in [-0.25, -0.2) is 18.4 Å². The molecule has 0 bridgehead atoms. The Balaban J connectivity index is 2.03. The molecule has 0 atom stereocenters. The highest BCUT2D eigenvalue weighted by molar-refractivity contribution is 7.92. The fraction of sp³-hybridized carbons (Fsp3) is 0.0833. The van der Waals surface area contributed by atoms with Crippen LogP contribution in [0.15, 0.2) is 48.0 Å². The van der Waals surface area contributed by atoms with Gasteiger partial charge in [-0.1, -0.05) is 0 Å². The minimum Gasteiger partial charge on any atom is -0.286 e. The van der Waals surface area contributed by atoms with Crippen LogP contribution in [0.2, 0.25) is 0 Å². The molecule has 9 heteroatoms. The molecule has 0 saturated carbocycles. The first kappa shape index (κ1) is 13.3. The summed E-state index contributed by atoms with van der Waals surface area (Å²) >= 11 is 0. The van der Waals surface area contributed by atoms with E-state index in [9.17, 15) is 8.42 Å². The summed E-state index contributed by atoms with van der Waals surface area (Å²) in [6, 6.07) is 3.29. The fourth-order valence-corrected chi connectivity index (χ4v) is 2.83. The lowest BCUT2D eigenvalue weighted by Crippen LogP contribution is -2.15. The van der Waals surface area contributed by atoms with E-state index in [1.807, 2.05) is 6.92 Å². The van der Waals surface area contributed by atoms with Gasteiger partial charge in [0.1, 0.15) is 10.7 Å². The molecule has 0 unspecified atom stereocenters. The average molecular weight is 304 g/mol. The third-order valence-corrected chi connectivity index (χ3v) is 4.20. The van der Waals surface area contributed by atoms with Crippen molar-refractivity contribution in [3.8, 4) is 5.82 Å². The Morgan fingerprint density at radius 1 is 1.29 bits per heavy atom. The van der Waals surface area contributed by atoms with Gasteiger partial charge in [0, 0.05) is 24.8 Å². The lowest BCUT2D eigenvalue weighted by Gasteiger charge is -2.12. The molecule has 8 nitrogen and oxygen atoms in total. The summed E-state index contributed by atoms with van der Waals surface area (Å²) in [5.74, 6) is 1.16. The molecule has 3 aromatic heterocycles. The maximum absolute atomic E-state index is 12.2. The van der Waals surface area contributed by atoms with Gasteiger partial charge >= 0.3 is 0 Å². The van der Waals surface area contributed by atoms with Gasteiger partial charge in [0.05, 0.1) is 11.9 Å². The number of hydrogen-bond acceptors (Lipinski definition) is 5. The van der Waals surface area contributed by atoms with Crippen LogP contribution < -0.4 is 4.72 Å². The van der Waals surface area contributed by atoms with Crippen LogP contribution in [0.25, 0.3) is 5.82 Å². The number of sulfonamides is 1. The predicted molar refractivity (Wildman–Crippen MR) is 75.5 cm³/mol. The van der Waals surface area contributed by atoms with Gasteiger partial charge in [0.15, 0.2) is 5.82 Å². The van der Waals surface area contributed by atoms with Crippen LogP contribution >= 0.6 is 0 Å². The van der Waals surface area contributed by atoms with Crippen molar-refractivity contribution in [3.05, 3.63) is 48.9 Å². The third-order valence-electron chi connectivity index (χ3n) is 2.87. The Morgan fingerprint density at radius 2 is 2.14 bits per heavy atom. The third kappa shape index (κ3) is 2.50. The molecule has 0 aliphatic carbocycles. The van der Waals surface area contributed by atoms with Crippen molar-refractivity contribution in [2.45, 2.75) is 11.8 Å². The molecule has 3 aromatic rings. The van der Waals surface area contributed by atoms with Crippen LogP contribution in [0.4, 0.5) is 5.69 Å². The van der Waals surface area contributed by atoms with E-state index in [-0.39, 0.29) is 4.90 Å². The fourth-order valence-electron chi connectivity index (χ4n) is 1.86. The first-order valence-electron chi connectivity index (χ1n) is 6.05. The van der Waals surface area contributed by atoms with Crippen LogP contribution in [0, 0.1) is 6.92 Å². The summed E-state index contributed by atoms with van der Waals surface area (Å²) in [7, 11) is -3.71. The van der Waals surface area contributed by atoms with Crippen molar-refractivity contribution in [2.24, 2.45) is 0 Å². The molecule has 3 rings (SSSR count). The van der Waals surface area contributed by atoms with E-state index in [0.29, 0.717) is 17.3 Å². The SMILES string of the molecule is Cc1nccn1-c1ncccc1NS(=O)(=O)c1cn[nH]c1. The Kier molecular flexibility index (Phi) is 3.18. The van der Waals surface area contributed by atoms with Gasteiger partial charge in [0.25, 0.3) is 10.0 Å². The van der Waals surface area contributed by atoms with Crippen molar-refractivity contribution in [1.82, 2.24) is 24.7 Å². The van der Waals surface area contributed by atoms with Crippen LogP contribution in [0.5, 0.6) is 0 Å². The number of hydrogen-bond donors (Lipinski definition) is 2. The van der Waals surface area contributed by atoms with Crippen molar-refractivity contribution in [1.29, 1.82) is 0 Å². The number of aryl methyl sites for hydroxylation is 1. The smallest absolute Gasteiger partial charge is 0.265 e. The van der Waals surface area contributed by atoms with E-state index in [4.69, 9.17) is 0 Å². The van der Waals surface area contributed by atoms with Gasteiger partial charge in [-0.2, -0.15) is 5.10 Å². The first-order valence-corrected chi connectivity index (χ1v) is 7.53. The summed E-state index contributed by atoms with van der Waals surface area (Å²) < 4.78 is 28.7. The molecular weight excluding hydrogens is 292 g/mol. The highest BCUT2D eigenvalue weighted by Gasteiger charge is 2.18. The molecule has 0 aliphatic rings. The standard InChI is InChI=1S/C12H12N6O2S/c1-9-13-5-6-18(9)12-11(3-2-4-14-12)17-21(19,20)10-7-15-16-8-10/h2-8,17H,1H3,(H,15,16). The number of nitrogens with zero attached hydrogens (tertiary/aromatic N) is 4. The number of H-pyrrole nitrogens is 1. The van der Waals surface area contributed by atoms with E-state index in [1.165, 1.54) is 12.4 Å². The zero-order chi connectivity index (χ0) is 14.9. The lowest BCUT2D eigenvalue weighted by molar-refractivity contribution is 0.601. The normalized spacial score (nSPS) is 11.5. The summed E-state index contributed by atoms with van der Waals surface area (Å²) in [6.45, 7) is 1.81. The van der Waals surface area contributed by atoms with Gasteiger partial charge < -0.3 is 0 Å². The minimum absolute atomic E-state index is 0.0552. The number of nitrogens with one attached hydrogen (secondary N) is 2. The number of rotatable bonds is 4. The molecule has 3 heterocycles. The van der Waals surface area contributed by atoms with Gasteiger partial charge in [-0.05, 0) is 19.1 Å². The van der Waals surface area contributed by atoms with E-state index in [0.717, 1.165) is 0 Å². The monoisotopic (exact) mass is 304 g/mol. The molecule has 0 spiro atoms. The van der Waals surface area contributed by atoms with Gasteiger partial charge in [-0.15, -0.1) is 0 Å². The molecule has 0 aromatic carbocycles. The summed E-state index contributed by atoms with van der Waals surface area (Å²) in [6.07, 6.45) is 7.47. The topological polar surface area (TPSA) is 106 Å². The minimum atomic E-state index is -3.71. The Morgan fingerprint density at radius 3 is 2.81 bits per heavy atom. The van der Waals surface area contributed by atoms with Crippen LogP contribution in [0.3, 0.4) is 0 Å². The molecule has 21 heavy (non-hydrogen) atoms. The van der Waals surface area contributed by atoms with E-state index >= 15 is 0 Å². The highest BCUT2D eigenvalue weighted by atomic mass is 32.2. The van der Waals surface area contributed by atoms with Crippen molar-refractivity contribution >= 4 is 15.7 Å². The summed E-state index contributed by atoms with van der Waals surface area (Å²) in [4.78, 5) is 8.39.